The van der Waals surface area contributed by atoms with Crippen molar-refractivity contribution in [2.45, 2.75) is 38.9 Å². The van der Waals surface area contributed by atoms with Gasteiger partial charge in [0.25, 0.3) is 5.91 Å². The van der Waals surface area contributed by atoms with Gasteiger partial charge in [-0.2, -0.15) is 0 Å². The van der Waals surface area contributed by atoms with E-state index in [9.17, 15) is 4.79 Å². The van der Waals surface area contributed by atoms with Gasteiger partial charge in [-0.05, 0) is 45.3 Å². The van der Waals surface area contributed by atoms with Crippen LogP contribution in [0.1, 0.15) is 38.1 Å². The Morgan fingerprint density at radius 1 is 1.17 bits per heavy atom. The van der Waals surface area contributed by atoms with Crippen molar-refractivity contribution < 1.29 is 14.1 Å². The van der Waals surface area contributed by atoms with Gasteiger partial charge in [-0.25, -0.2) is 4.99 Å². The molecule has 0 unspecified atom stereocenters. The Labute approximate surface area is 143 Å². The van der Waals surface area contributed by atoms with Crippen molar-refractivity contribution in [3.8, 4) is 0 Å². The number of amides is 1. The second-order valence-corrected chi connectivity index (χ2v) is 6.62. The first-order valence-corrected chi connectivity index (χ1v) is 7.77. The monoisotopic (exact) mass is 326 g/mol. The third kappa shape index (κ3) is 3.83. The fourth-order valence-corrected chi connectivity index (χ4v) is 2.15. The second-order valence-electron chi connectivity index (χ2n) is 6.62. The molecule has 126 valence electrons. The van der Waals surface area contributed by atoms with Gasteiger partial charge in [0.15, 0.2) is 0 Å². The smallest absolute Gasteiger partial charge is 0.399 e. The van der Waals surface area contributed by atoms with Crippen LogP contribution in [0, 0.1) is 0 Å². The molecule has 0 bridgehead atoms. The Morgan fingerprint density at radius 2 is 1.71 bits per heavy atom. The highest BCUT2D eigenvalue weighted by Crippen LogP contribution is 2.36. The molecule has 2 rings (SSSR count). The van der Waals surface area contributed by atoms with E-state index in [2.05, 4.69) is 23.5 Å². The molecule has 5 nitrogen and oxygen atoms in total. The predicted molar refractivity (Wildman–Crippen MR) is 97.5 cm³/mol. The maximum atomic E-state index is 12.1. The lowest BCUT2D eigenvalue weighted by atomic mass is 9.79. The number of nitrogens with zero attached hydrogens (tertiary/aromatic N) is 1. The van der Waals surface area contributed by atoms with Gasteiger partial charge in [-0.15, -0.1) is 0 Å². The normalized spacial score (nSPS) is 18.6. The number of aliphatic imine (C=N–C) groups is 1. The van der Waals surface area contributed by atoms with E-state index in [-0.39, 0.29) is 11.7 Å². The highest BCUT2D eigenvalue weighted by atomic mass is 16.7. The Bertz CT molecular complexity index is 662. The number of hydrogen-bond donors (Lipinski definition) is 1. The molecule has 0 radical (unpaired) electrons. The van der Waals surface area contributed by atoms with Crippen molar-refractivity contribution in [1.82, 2.24) is 5.32 Å². The molecule has 1 aromatic rings. The molecule has 0 aliphatic carbocycles. The summed E-state index contributed by atoms with van der Waals surface area (Å²) >= 11 is 0. The van der Waals surface area contributed by atoms with E-state index in [0.29, 0.717) is 5.56 Å². The van der Waals surface area contributed by atoms with Gasteiger partial charge in [0.05, 0.1) is 11.2 Å². The van der Waals surface area contributed by atoms with Crippen molar-refractivity contribution in [3.63, 3.8) is 0 Å². The number of hydrogen-bond acceptors (Lipinski definition) is 4. The number of carbonyl (C=O) groups is 1. The molecule has 1 aliphatic heterocycles. The largest absolute Gasteiger partial charge is 0.494 e. The van der Waals surface area contributed by atoms with Gasteiger partial charge >= 0.3 is 7.12 Å². The third-order valence-corrected chi connectivity index (χ3v) is 4.29. The Balaban J connectivity index is 2.06. The lowest BCUT2D eigenvalue weighted by Crippen LogP contribution is -2.41. The number of benzene rings is 1. The minimum absolute atomic E-state index is 0.259. The summed E-state index contributed by atoms with van der Waals surface area (Å²) < 4.78 is 12.0. The molecule has 0 saturated carbocycles. The lowest BCUT2D eigenvalue weighted by Gasteiger charge is -2.32. The van der Waals surface area contributed by atoms with E-state index in [1.807, 2.05) is 39.8 Å². The van der Waals surface area contributed by atoms with E-state index in [1.165, 1.54) is 12.3 Å². The molecule has 1 saturated heterocycles. The van der Waals surface area contributed by atoms with Crippen LogP contribution in [0.15, 0.2) is 54.3 Å². The molecule has 1 aromatic carbocycles. The van der Waals surface area contributed by atoms with Gasteiger partial charge in [0, 0.05) is 11.8 Å². The lowest BCUT2D eigenvalue weighted by molar-refractivity contribution is 0.00578. The fourth-order valence-electron chi connectivity index (χ4n) is 2.15. The fraction of sp³-hybridized carbons (Fsp3) is 0.333. The highest BCUT2D eigenvalue weighted by Gasteiger charge is 2.51. The first-order chi connectivity index (χ1) is 11.2. The third-order valence-electron chi connectivity index (χ3n) is 4.29. The molecule has 1 fully saturated rings. The van der Waals surface area contributed by atoms with Crippen LogP contribution < -0.4 is 10.8 Å². The summed E-state index contributed by atoms with van der Waals surface area (Å²) in [5.41, 5.74) is 0.586. The minimum atomic E-state index is -0.445. The number of allylic oxidation sites excluding steroid dienone is 1. The van der Waals surface area contributed by atoms with E-state index in [4.69, 9.17) is 9.31 Å². The summed E-state index contributed by atoms with van der Waals surface area (Å²) in [6, 6.07) is 7.10. The molecule has 1 N–H and O–H groups in total. The topological polar surface area (TPSA) is 59.9 Å². The van der Waals surface area contributed by atoms with E-state index < -0.39 is 18.3 Å². The summed E-state index contributed by atoms with van der Waals surface area (Å²) in [4.78, 5) is 16.0. The van der Waals surface area contributed by atoms with E-state index >= 15 is 0 Å². The summed E-state index contributed by atoms with van der Waals surface area (Å²) in [7, 11) is -0.445. The van der Waals surface area contributed by atoms with E-state index in [1.54, 1.807) is 12.1 Å². The number of carbonyl (C=O) groups excluding carboxylic acids is 1. The molecule has 24 heavy (non-hydrogen) atoms. The summed E-state index contributed by atoms with van der Waals surface area (Å²) in [5, 5.41) is 2.60. The van der Waals surface area contributed by atoms with Crippen LogP contribution in [0.3, 0.4) is 0 Å². The van der Waals surface area contributed by atoms with Crippen LogP contribution >= 0.6 is 0 Å². The van der Waals surface area contributed by atoms with Crippen LogP contribution in [0.4, 0.5) is 0 Å². The zero-order valence-corrected chi connectivity index (χ0v) is 14.6. The molecule has 6 heteroatoms. The first-order valence-electron chi connectivity index (χ1n) is 7.77. The van der Waals surface area contributed by atoms with Gasteiger partial charge in [-0.1, -0.05) is 31.4 Å². The summed E-state index contributed by atoms with van der Waals surface area (Å²) in [6.45, 7) is 15.2. The minimum Gasteiger partial charge on any atom is -0.399 e. The number of nitrogens with one attached hydrogen (secondary N) is 1. The van der Waals surface area contributed by atoms with Crippen LogP contribution in [-0.2, 0) is 9.31 Å². The van der Waals surface area contributed by atoms with Crippen molar-refractivity contribution in [2.24, 2.45) is 4.99 Å². The molecular weight excluding hydrogens is 303 g/mol. The van der Waals surface area contributed by atoms with Crippen LogP contribution in [0.25, 0.3) is 0 Å². The predicted octanol–water partition coefficient (Wildman–Crippen LogP) is 2.44. The van der Waals surface area contributed by atoms with Gasteiger partial charge in [-0.3, -0.25) is 4.79 Å². The second kappa shape index (κ2) is 6.75. The van der Waals surface area contributed by atoms with Gasteiger partial charge < -0.3 is 14.6 Å². The SMILES string of the molecule is C=C/C=N\C(=C)NC(=O)c1ccc(B2OC(C)(C)C(C)(C)O2)cc1. The Kier molecular flexibility index (Phi) is 5.11. The summed E-state index contributed by atoms with van der Waals surface area (Å²) in [5.74, 6) is -0.0170. The van der Waals surface area contributed by atoms with Crippen molar-refractivity contribution in [1.29, 1.82) is 0 Å². The summed E-state index contributed by atoms with van der Waals surface area (Å²) in [6.07, 6.45) is 2.97. The maximum absolute atomic E-state index is 12.1. The van der Waals surface area contributed by atoms with Crippen LogP contribution in [-0.4, -0.2) is 30.4 Å². The van der Waals surface area contributed by atoms with Gasteiger partial charge in [0.2, 0.25) is 0 Å². The molecule has 1 aliphatic rings. The molecule has 1 heterocycles. The highest BCUT2D eigenvalue weighted by molar-refractivity contribution is 6.62. The van der Waals surface area contributed by atoms with Gasteiger partial charge in [0.1, 0.15) is 5.82 Å². The number of rotatable bonds is 5. The Morgan fingerprint density at radius 3 is 2.21 bits per heavy atom. The van der Waals surface area contributed by atoms with Crippen molar-refractivity contribution >= 4 is 24.7 Å². The van der Waals surface area contributed by atoms with Crippen LogP contribution in [0.2, 0.25) is 0 Å². The molecule has 0 atom stereocenters. The average molecular weight is 326 g/mol. The Hall–Kier alpha value is -2.18. The average Bonchev–Trinajstić information content (AvgIpc) is 2.73. The molecular formula is C18H23BN2O3. The van der Waals surface area contributed by atoms with E-state index in [0.717, 1.165) is 5.46 Å². The zero-order chi connectivity index (χ0) is 18.0. The van der Waals surface area contributed by atoms with Crippen molar-refractivity contribution in [2.75, 3.05) is 0 Å². The van der Waals surface area contributed by atoms with Crippen molar-refractivity contribution in [3.05, 3.63) is 54.9 Å². The molecule has 0 aromatic heterocycles. The first kappa shape index (κ1) is 18.2. The standard InChI is InChI=1S/C18H23BN2O3/c1-7-12-20-13(2)21-16(22)14-8-10-15(11-9-14)19-23-17(3,4)18(5,6)24-19/h7-12H,1-2H2,3-6H3,(H,21,22)/b20-12-. The molecule has 1 amide bonds. The quantitative estimate of drug-likeness (QED) is 0.668. The maximum Gasteiger partial charge on any atom is 0.494 e. The molecule has 0 spiro atoms. The zero-order valence-electron chi connectivity index (χ0n) is 14.6. The van der Waals surface area contributed by atoms with Crippen LogP contribution in [0.5, 0.6) is 0 Å².